The zero-order valence-electron chi connectivity index (χ0n) is 13.2. The topological polar surface area (TPSA) is 72.1 Å². The van der Waals surface area contributed by atoms with Gasteiger partial charge in [0.25, 0.3) is 5.91 Å². The number of nitrogens with zero attached hydrogens (tertiary/aromatic N) is 4. The Labute approximate surface area is 156 Å². The van der Waals surface area contributed by atoms with Crippen molar-refractivity contribution >= 4 is 73.5 Å². The first-order valence-corrected chi connectivity index (χ1v) is 9.71. The molecule has 6 nitrogen and oxygen atoms in total. The number of amides is 1. The first-order valence-electron chi connectivity index (χ1n) is 6.92. The molecular formula is C15H14BrN5OS2. The number of rotatable bonds is 2. The molecule has 0 saturated heterocycles. The first-order chi connectivity index (χ1) is 11.4. The molecule has 1 N–H and O–H groups in total. The Hall–Kier alpha value is -1.58. The highest BCUT2D eigenvalue weighted by Gasteiger charge is 2.36. The van der Waals surface area contributed by atoms with Gasteiger partial charge in [-0.2, -0.15) is 9.39 Å². The van der Waals surface area contributed by atoms with Gasteiger partial charge in [0.2, 0.25) is 5.17 Å². The molecule has 0 saturated carbocycles. The standard InChI is InChI=1S/C15H14BrN5OS2/c1-20(2)11-5-4-8(7-10(11)16)6-9-12(17)21-14(18-13(9)22)24-19-15(21)23-3/h4-7,17H,1-3H3/b9-6-,17-12?. The second-order valence-corrected chi connectivity index (χ2v) is 7.57. The van der Waals surface area contributed by atoms with Crippen LogP contribution in [0.4, 0.5) is 5.69 Å². The summed E-state index contributed by atoms with van der Waals surface area (Å²) in [6.45, 7) is 0. The van der Waals surface area contributed by atoms with E-state index in [2.05, 4.69) is 25.3 Å². The molecule has 9 heteroatoms. The van der Waals surface area contributed by atoms with Gasteiger partial charge in [-0.1, -0.05) is 17.8 Å². The Kier molecular flexibility index (Phi) is 4.84. The van der Waals surface area contributed by atoms with Gasteiger partial charge < -0.3 is 4.90 Å². The number of halogens is 1. The van der Waals surface area contributed by atoms with E-state index in [0.29, 0.717) is 10.3 Å². The van der Waals surface area contributed by atoms with E-state index in [-0.39, 0.29) is 11.4 Å². The quantitative estimate of drug-likeness (QED) is 0.582. The van der Waals surface area contributed by atoms with Crippen LogP contribution in [0, 0.1) is 5.41 Å². The summed E-state index contributed by atoms with van der Waals surface area (Å²) in [5.41, 5.74) is 2.12. The van der Waals surface area contributed by atoms with E-state index in [9.17, 15) is 4.79 Å². The van der Waals surface area contributed by atoms with Gasteiger partial charge in [0.1, 0.15) is 5.84 Å². The number of nitrogens with one attached hydrogen (secondary N) is 1. The molecular weight excluding hydrogens is 410 g/mol. The lowest BCUT2D eigenvalue weighted by atomic mass is 10.1. The number of thioether (sulfide) groups is 1. The highest BCUT2D eigenvalue weighted by atomic mass is 79.9. The molecule has 0 unspecified atom stereocenters. The first kappa shape index (κ1) is 17.2. The lowest BCUT2D eigenvalue weighted by Gasteiger charge is -2.24. The lowest BCUT2D eigenvalue weighted by Crippen LogP contribution is -2.41. The van der Waals surface area contributed by atoms with Crippen LogP contribution in [0.3, 0.4) is 0 Å². The van der Waals surface area contributed by atoms with Crippen LogP contribution in [0.1, 0.15) is 5.56 Å². The van der Waals surface area contributed by atoms with Gasteiger partial charge in [0.15, 0.2) is 5.17 Å². The number of hydrogen-bond acceptors (Lipinski definition) is 6. The second kappa shape index (κ2) is 6.73. The van der Waals surface area contributed by atoms with Crippen molar-refractivity contribution in [2.75, 3.05) is 25.3 Å². The van der Waals surface area contributed by atoms with Gasteiger partial charge in [-0.05, 0) is 46.0 Å². The van der Waals surface area contributed by atoms with Gasteiger partial charge in [-0.3, -0.25) is 10.2 Å². The predicted molar refractivity (Wildman–Crippen MR) is 107 cm³/mol. The average Bonchev–Trinajstić information content (AvgIpc) is 2.94. The maximum absolute atomic E-state index is 12.3. The van der Waals surface area contributed by atoms with Crippen LogP contribution < -0.4 is 4.90 Å². The smallest absolute Gasteiger partial charge is 0.283 e. The maximum Gasteiger partial charge on any atom is 0.283 e. The van der Waals surface area contributed by atoms with E-state index in [0.717, 1.165) is 27.7 Å². The van der Waals surface area contributed by atoms with Crippen LogP contribution in [0.15, 0.2) is 37.6 Å². The van der Waals surface area contributed by atoms with E-state index < -0.39 is 5.91 Å². The van der Waals surface area contributed by atoms with Crippen molar-refractivity contribution in [3.63, 3.8) is 0 Å². The van der Waals surface area contributed by atoms with E-state index in [1.54, 1.807) is 11.0 Å². The van der Waals surface area contributed by atoms with Crippen LogP contribution in [-0.4, -0.2) is 47.3 Å². The molecule has 0 atom stereocenters. The molecule has 24 heavy (non-hydrogen) atoms. The number of fused-ring (bicyclic) bond motifs is 1. The maximum atomic E-state index is 12.3. The molecule has 2 heterocycles. The predicted octanol–water partition coefficient (Wildman–Crippen LogP) is 3.45. The normalized spacial score (nSPS) is 18.7. The van der Waals surface area contributed by atoms with Crippen molar-refractivity contribution in [2.24, 2.45) is 9.39 Å². The van der Waals surface area contributed by atoms with Gasteiger partial charge in [0.05, 0.1) is 23.2 Å². The van der Waals surface area contributed by atoms with Gasteiger partial charge >= 0.3 is 0 Å². The summed E-state index contributed by atoms with van der Waals surface area (Å²) in [6, 6.07) is 5.79. The number of anilines is 1. The Balaban J connectivity index is 1.99. The van der Waals surface area contributed by atoms with Crippen LogP contribution in [-0.2, 0) is 4.79 Å². The van der Waals surface area contributed by atoms with E-state index >= 15 is 0 Å². The molecule has 0 spiro atoms. The summed E-state index contributed by atoms with van der Waals surface area (Å²) in [5, 5.41) is 9.48. The molecule has 2 aliphatic rings. The highest BCUT2D eigenvalue weighted by Crippen LogP contribution is 2.32. The Morgan fingerprint density at radius 1 is 1.42 bits per heavy atom. The summed E-state index contributed by atoms with van der Waals surface area (Å²) < 4.78 is 5.15. The Morgan fingerprint density at radius 3 is 2.79 bits per heavy atom. The summed E-state index contributed by atoms with van der Waals surface area (Å²) >= 11 is 6.08. The zero-order chi connectivity index (χ0) is 17.4. The minimum atomic E-state index is -0.413. The Bertz CT molecular complexity index is 831. The van der Waals surface area contributed by atoms with Crippen molar-refractivity contribution in [1.82, 2.24) is 4.90 Å². The van der Waals surface area contributed by atoms with Gasteiger partial charge in [-0.15, -0.1) is 0 Å². The third-order valence-electron chi connectivity index (χ3n) is 3.44. The van der Waals surface area contributed by atoms with E-state index in [1.165, 1.54) is 11.8 Å². The number of amidine groups is 3. The number of aliphatic imine (C=N–C) groups is 1. The molecule has 1 amide bonds. The van der Waals surface area contributed by atoms with E-state index in [4.69, 9.17) is 5.41 Å². The summed E-state index contributed by atoms with van der Waals surface area (Å²) in [6.07, 6.45) is 3.57. The van der Waals surface area contributed by atoms with Crippen LogP contribution in [0.2, 0.25) is 0 Å². The van der Waals surface area contributed by atoms with Crippen molar-refractivity contribution in [3.05, 3.63) is 33.8 Å². The fraction of sp³-hybridized carbons (Fsp3) is 0.200. The molecule has 124 valence electrons. The Morgan fingerprint density at radius 2 is 2.17 bits per heavy atom. The minimum Gasteiger partial charge on any atom is -0.377 e. The second-order valence-electron chi connectivity index (χ2n) is 5.22. The number of benzene rings is 1. The third-order valence-corrected chi connectivity index (χ3v) is 5.53. The van der Waals surface area contributed by atoms with Crippen LogP contribution in [0.25, 0.3) is 6.08 Å². The van der Waals surface area contributed by atoms with Gasteiger partial charge in [0, 0.05) is 18.6 Å². The average molecular weight is 424 g/mol. The molecule has 0 aromatic heterocycles. The highest BCUT2D eigenvalue weighted by molar-refractivity contribution is 9.10. The largest absolute Gasteiger partial charge is 0.377 e. The molecule has 0 aliphatic carbocycles. The summed E-state index contributed by atoms with van der Waals surface area (Å²) in [7, 11) is 3.92. The molecule has 0 bridgehead atoms. The van der Waals surface area contributed by atoms with Crippen molar-refractivity contribution in [1.29, 1.82) is 5.41 Å². The SMILES string of the molecule is CSC1=NSC2=NC(=O)/C(=C\c3ccc(N(C)C)c(Br)c3)C(=N)N12. The molecule has 2 aliphatic heterocycles. The zero-order valence-corrected chi connectivity index (χ0v) is 16.4. The third kappa shape index (κ3) is 3.03. The summed E-state index contributed by atoms with van der Waals surface area (Å²) in [4.78, 5) is 19.9. The van der Waals surface area contributed by atoms with Crippen molar-refractivity contribution in [2.45, 2.75) is 0 Å². The number of carbonyl (C=O) groups excluding carboxylic acids is 1. The number of carbonyl (C=O) groups is 1. The summed E-state index contributed by atoms with van der Waals surface area (Å²) in [5.74, 6) is -0.306. The lowest BCUT2D eigenvalue weighted by molar-refractivity contribution is -0.114. The van der Waals surface area contributed by atoms with Crippen LogP contribution >= 0.6 is 39.6 Å². The van der Waals surface area contributed by atoms with Crippen molar-refractivity contribution in [3.8, 4) is 0 Å². The molecule has 3 rings (SSSR count). The molecule has 0 fully saturated rings. The monoisotopic (exact) mass is 423 g/mol. The number of hydrogen-bond donors (Lipinski definition) is 1. The fourth-order valence-corrected chi connectivity index (χ4v) is 4.48. The van der Waals surface area contributed by atoms with Crippen molar-refractivity contribution < 1.29 is 4.79 Å². The van der Waals surface area contributed by atoms with Crippen LogP contribution in [0.5, 0.6) is 0 Å². The molecule has 1 aromatic carbocycles. The molecule has 0 radical (unpaired) electrons. The van der Waals surface area contributed by atoms with Gasteiger partial charge in [-0.25, -0.2) is 4.90 Å². The molecule has 1 aromatic rings. The minimum absolute atomic E-state index is 0.107. The fourth-order valence-electron chi connectivity index (χ4n) is 2.27. The van der Waals surface area contributed by atoms with E-state index in [1.807, 2.05) is 43.5 Å².